The first-order valence-electron chi connectivity index (χ1n) is 6.09. The lowest BCUT2D eigenvalue weighted by Crippen LogP contribution is -2.05. The van der Waals surface area contributed by atoms with Crippen molar-refractivity contribution in [1.82, 2.24) is 5.32 Å². The molecule has 1 N–H and O–H groups in total. The molecule has 0 radical (unpaired) electrons. The van der Waals surface area contributed by atoms with Crippen LogP contribution in [0.5, 0.6) is 0 Å². The Kier molecular flexibility index (Phi) is 4.91. The molecule has 0 aliphatic heterocycles. The van der Waals surface area contributed by atoms with Crippen molar-refractivity contribution < 1.29 is 9.18 Å². The highest BCUT2D eigenvalue weighted by Gasteiger charge is 2.00. The Morgan fingerprint density at radius 1 is 1.10 bits per heavy atom. The van der Waals surface area contributed by atoms with Gasteiger partial charge in [-0.25, -0.2) is 4.39 Å². The summed E-state index contributed by atoms with van der Waals surface area (Å²) < 4.78 is 12.7. The monoisotopic (exact) mass is 289 g/mol. The van der Waals surface area contributed by atoms with Crippen molar-refractivity contribution in [3.05, 3.63) is 82.8 Å². The summed E-state index contributed by atoms with van der Waals surface area (Å²) in [5, 5.41) is 3.58. The SMILES string of the molecule is O=C(/C=C/NCc1ccc(F)cc1)c1ccc(Cl)cc1. The number of nitrogens with one attached hydrogen (secondary N) is 1. The lowest BCUT2D eigenvalue weighted by molar-refractivity contribution is 0.104. The number of benzene rings is 2. The van der Waals surface area contributed by atoms with Gasteiger partial charge in [0.1, 0.15) is 5.82 Å². The molecule has 4 heteroatoms. The average molecular weight is 290 g/mol. The predicted molar refractivity (Wildman–Crippen MR) is 78.2 cm³/mol. The quantitative estimate of drug-likeness (QED) is 0.667. The third-order valence-electron chi connectivity index (χ3n) is 2.70. The zero-order valence-electron chi connectivity index (χ0n) is 10.6. The summed E-state index contributed by atoms with van der Waals surface area (Å²) in [6, 6.07) is 12.9. The minimum Gasteiger partial charge on any atom is -0.387 e. The Hall–Kier alpha value is -2.13. The summed E-state index contributed by atoms with van der Waals surface area (Å²) in [7, 11) is 0. The van der Waals surface area contributed by atoms with Gasteiger partial charge in [-0.2, -0.15) is 0 Å². The van der Waals surface area contributed by atoms with Gasteiger partial charge in [-0.15, -0.1) is 0 Å². The maximum absolute atomic E-state index is 12.7. The number of halogens is 2. The molecule has 2 aromatic carbocycles. The number of carbonyl (C=O) groups is 1. The van der Waals surface area contributed by atoms with Crippen molar-refractivity contribution in [2.45, 2.75) is 6.54 Å². The molecule has 2 aromatic rings. The summed E-state index contributed by atoms with van der Waals surface area (Å²) in [6.45, 7) is 0.532. The summed E-state index contributed by atoms with van der Waals surface area (Å²) in [5.74, 6) is -0.365. The van der Waals surface area contributed by atoms with Crippen LogP contribution in [-0.2, 0) is 6.54 Å². The first kappa shape index (κ1) is 14.3. The minimum absolute atomic E-state index is 0.103. The minimum atomic E-state index is -0.262. The number of hydrogen-bond acceptors (Lipinski definition) is 2. The number of carbonyl (C=O) groups excluding carboxylic acids is 1. The number of ketones is 1. The summed E-state index contributed by atoms with van der Waals surface area (Å²) in [5.41, 5.74) is 1.52. The third kappa shape index (κ3) is 4.21. The van der Waals surface area contributed by atoms with Gasteiger partial charge in [0.15, 0.2) is 5.78 Å². The second-order valence-electron chi connectivity index (χ2n) is 4.21. The topological polar surface area (TPSA) is 29.1 Å². The van der Waals surface area contributed by atoms with Crippen molar-refractivity contribution >= 4 is 17.4 Å². The molecule has 0 spiro atoms. The fourth-order valence-electron chi connectivity index (χ4n) is 1.62. The van der Waals surface area contributed by atoms with E-state index in [0.717, 1.165) is 5.56 Å². The highest BCUT2D eigenvalue weighted by Crippen LogP contribution is 2.10. The lowest BCUT2D eigenvalue weighted by atomic mass is 10.1. The van der Waals surface area contributed by atoms with Gasteiger partial charge in [0.25, 0.3) is 0 Å². The van der Waals surface area contributed by atoms with Gasteiger partial charge in [-0.05, 0) is 42.0 Å². The first-order chi connectivity index (χ1) is 9.65. The molecular formula is C16H13ClFNO. The second kappa shape index (κ2) is 6.87. The summed E-state index contributed by atoms with van der Waals surface area (Å²) in [6.07, 6.45) is 3.03. The van der Waals surface area contributed by atoms with E-state index in [1.165, 1.54) is 18.2 Å². The van der Waals surface area contributed by atoms with Gasteiger partial charge in [-0.1, -0.05) is 23.7 Å². The average Bonchev–Trinajstić information content (AvgIpc) is 2.46. The predicted octanol–water partition coefficient (Wildman–Crippen LogP) is 3.97. The van der Waals surface area contributed by atoms with Crippen LogP contribution in [-0.4, -0.2) is 5.78 Å². The molecule has 0 aromatic heterocycles. The fraction of sp³-hybridized carbons (Fsp3) is 0.0625. The molecule has 2 rings (SSSR count). The normalized spacial score (nSPS) is 10.7. The maximum Gasteiger partial charge on any atom is 0.187 e. The lowest BCUT2D eigenvalue weighted by Gasteiger charge is -2.01. The van der Waals surface area contributed by atoms with Crippen molar-refractivity contribution in [2.24, 2.45) is 0 Å². The Bertz CT molecular complexity index is 605. The molecular weight excluding hydrogens is 277 g/mol. The van der Waals surface area contributed by atoms with Crippen LogP contribution >= 0.6 is 11.6 Å². The highest BCUT2D eigenvalue weighted by molar-refractivity contribution is 6.30. The van der Waals surface area contributed by atoms with E-state index >= 15 is 0 Å². The molecule has 0 amide bonds. The molecule has 0 unspecified atom stereocenters. The first-order valence-corrected chi connectivity index (χ1v) is 6.47. The van der Waals surface area contributed by atoms with Crippen LogP contribution in [0, 0.1) is 5.82 Å². The van der Waals surface area contributed by atoms with E-state index in [0.29, 0.717) is 17.1 Å². The molecule has 0 aliphatic rings. The molecule has 20 heavy (non-hydrogen) atoms. The van der Waals surface area contributed by atoms with Crippen LogP contribution < -0.4 is 5.32 Å². The van der Waals surface area contributed by atoms with E-state index in [-0.39, 0.29) is 11.6 Å². The molecule has 0 aliphatic carbocycles. The highest BCUT2D eigenvalue weighted by atomic mass is 35.5. The third-order valence-corrected chi connectivity index (χ3v) is 2.95. The zero-order valence-corrected chi connectivity index (χ0v) is 11.4. The van der Waals surface area contributed by atoms with Crippen molar-refractivity contribution in [3.63, 3.8) is 0 Å². The molecule has 0 heterocycles. The van der Waals surface area contributed by atoms with E-state index in [1.807, 2.05) is 0 Å². The van der Waals surface area contributed by atoms with Crippen LogP contribution in [0.15, 0.2) is 60.8 Å². The van der Waals surface area contributed by atoms with Gasteiger partial charge in [0.05, 0.1) is 0 Å². The van der Waals surface area contributed by atoms with Crippen molar-refractivity contribution in [3.8, 4) is 0 Å². The second-order valence-corrected chi connectivity index (χ2v) is 4.65. The molecule has 102 valence electrons. The number of allylic oxidation sites excluding steroid dienone is 1. The van der Waals surface area contributed by atoms with Gasteiger partial charge < -0.3 is 5.32 Å². The van der Waals surface area contributed by atoms with Crippen molar-refractivity contribution in [1.29, 1.82) is 0 Å². The van der Waals surface area contributed by atoms with Gasteiger partial charge >= 0.3 is 0 Å². The Labute approximate surface area is 121 Å². The Morgan fingerprint density at radius 2 is 1.75 bits per heavy atom. The van der Waals surface area contributed by atoms with Crippen LogP contribution in [0.25, 0.3) is 0 Å². The van der Waals surface area contributed by atoms with E-state index in [4.69, 9.17) is 11.6 Å². The molecule has 0 saturated heterocycles. The maximum atomic E-state index is 12.7. The van der Waals surface area contributed by atoms with Crippen LogP contribution in [0.2, 0.25) is 5.02 Å². The molecule has 0 bridgehead atoms. The summed E-state index contributed by atoms with van der Waals surface area (Å²) >= 11 is 5.75. The summed E-state index contributed by atoms with van der Waals surface area (Å²) in [4.78, 5) is 11.8. The number of hydrogen-bond donors (Lipinski definition) is 1. The molecule has 0 fully saturated rings. The fourth-order valence-corrected chi connectivity index (χ4v) is 1.75. The van der Waals surface area contributed by atoms with E-state index < -0.39 is 0 Å². The van der Waals surface area contributed by atoms with E-state index in [2.05, 4.69) is 5.32 Å². The van der Waals surface area contributed by atoms with Crippen LogP contribution in [0.1, 0.15) is 15.9 Å². The Balaban J connectivity index is 1.85. The van der Waals surface area contributed by atoms with Crippen LogP contribution in [0.3, 0.4) is 0 Å². The van der Waals surface area contributed by atoms with Crippen LogP contribution in [0.4, 0.5) is 4.39 Å². The Morgan fingerprint density at radius 3 is 2.40 bits per heavy atom. The van der Waals surface area contributed by atoms with E-state index in [9.17, 15) is 9.18 Å². The number of rotatable bonds is 5. The van der Waals surface area contributed by atoms with E-state index in [1.54, 1.807) is 42.6 Å². The van der Waals surface area contributed by atoms with Gasteiger partial charge in [-0.3, -0.25) is 4.79 Å². The largest absolute Gasteiger partial charge is 0.387 e. The van der Waals surface area contributed by atoms with Gasteiger partial charge in [0.2, 0.25) is 0 Å². The molecule has 2 nitrogen and oxygen atoms in total. The van der Waals surface area contributed by atoms with Crippen molar-refractivity contribution in [2.75, 3.05) is 0 Å². The van der Waals surface area contributed by atoms with Gasteiger partial charge in [0, 0.05) is 29.4 Å². The smallest absolute Gasteiger partial charge is 0.187 e. The zero-order chi connectivity index (χ0) is 14.4. The molecule has 0 atom stereocenters. The standard InChI is InChI=1S/C16H13ClFNO/c17-14-5-3-13(4-6-14)16(20)9-10-19-11-12-1-7-15(18)8-2-12/h1-10,19H,11H2/b10-9+. The molecule has 0 saturated carbocycles.